The number of hydrogen-bond acceptors (Lipinski definition) is 5. The third-order valence-corrected chi connectivity index (χ3v) is 6.12. The van der Waals surface area contributed by atoms with Crippen molar-refractivity contribution in [3.63, 3.8) is 0 Å². The largest absolute Gasteiger partial charge is 0.497 e. The highest BCUT2D eigenvalue weighted by Crippen LogP contribution is 2.36. The molecule has 0 saturated heterocycles. The summed E-state index contributed by atoms with van der Waals surface area (Å²) in [5.74, 6) is 2.31. The van der Waals surface area contributed by atoms with Crippen molar-refractivity contribution in [1.82, 2.24) is 9.97 Å². The molecule has 6 nitrogen and oxygen atoms in total. The maximum atomic E-state index is 9.83. The summed E-state index contributed by atoms with van der Waals surface area (Å²) in [6.45, 7) is 2.66. The van der Waals surface area contributed by atoms with Gasteiger partial charge in [0, 0.05) is 21.1 Å². The first-order valence-corrected chi connectivity index (χ1v) is 11.7. The number of nitrogens with zero attached hydrogens (tertiary/aromatic N) is 2. The van der Waals surface area contributed by atoms with Crippen LogP contribution in [0, 0.1) is 11.3 Å². The highest BCUT2D eigenvalue weighted by Gasteiger charge is 2.14. The van der Waals surface area contributed by atoms with Crippen LogP contribution in [0.4, 0.5) is 0 Å². The van der Waals surface area contributed by atoms with Gasteiger partial charge in [-0.3, -0.25) is 0 Å². The van der Waals surface area contributed by atoms with Crippen molar-refractivity contribution in [3.8, 4) is 23.3 Å². The Balaban J connectivity index is 1.67. The summed E-state index contributed by atoms with van der Waals surface area (Å²) in [6, 6.07) is 18.9. The molecular weight excluding hydrogens is 518 g/mol. The molecule has 1 aromatic heterocycles. The number of fused-ring (bicyclic) bond motifs is 1. The molecule has 0 spiro atoms. The molecule has 172 valence electrons. The molecule has 1 heterocycles. The van der Waals surface area contributed by atoms with Crippen molar-refractivity contribution < 1.29 is 14.2 Å². The van der Waals surface area contributed by atoms with Gasteiger partial charge >= 0.3 is 0 Å². The molecule has 4 rings (SSSR count). The van der Waals surface area contributed by atoms with E-state index in [4.69, 9.17) is 25.8 Å². The second-order valence-corrected chi connectivity index (χ2v) is 8.53. The molecule has 0 bridgehead atoms. The summed E-state index contributed by atoms with van der Waals surface area (Å²) in [6.07, 6.45) is 1.75. The van der Waals surface area contributed by atoms with Gasteiger partial charge in [0.15, 0.2) is 11.5 Å². The Hall–Kier alpha value is -3.47. The normalized spacial score (nSPS) is 11.3. The SMILES string of the molecule is CCOc1cc(/C=C(/C#N)c2nc3ccc(OC)cc3[nH]2)c(Br)cc1OCc1ccccc1Cl. The van der Waals surface area contributed by atoms with Crippen LogP contribution in [0.5, 0.6) is 17.2 Å². The third-order valence-electron chi connectivity index (χ3n) is 5.07. The summed E-state index contributed by atoms with van der Waals surface area (Å²) in [7, 11) is 1.61. The van der Waals surface area contributed by atoms with Crippen LogP contribution in [-0.4, -0.2) is 23.7 Å². The van der Waals surface area contributed by atoms with Gasteiger partial charge in [-0.15, -0.1) is 0 Å². The van der Waals surface area contributed by atoms with Crippen molar-refractivity contribution >= 4 is 50.2 Å². The van der Waals surface area contributed by atoms with Crippen LogP contribution in [0.3, 0.4) is 0 Å². The van der Waals surface area contributed by atoms with Gasteiger partial charge in [0.05, 0.1) is 30.3 Å². The number of nitriles is 1. The zero-order chi connectivity index (χ0) is 24.1. The highest BCUT2D eigenvalue weighted by molar-refractivity contribution is 9.10. The molecule has 0 atom stereocenters. The number of hydrogen-bond donors (Lipinski definition) is 1. The van der Waals surface area contributed by atoms with Gasteiger partial charge in [-0.25, -0.2) is 4.98 Å². The summed E-state index contributed by atoms with van der Waals surface area (Å²) >= 11 is 9.85. The number of methoxy groups -OCH3 is 1. The van der Waals surface area contributed by atoms with E-state index in [0.717, 1.165) is 26.6 Å². The standard InChI is InChI=1S/C26H21BrClN3O3/c1-3-33-24-11-17(20(27)13-25(24)34-15-16-6-4-5-7-21(16)28)10-18(14-29)26-30-22-9-8-19(32-2)12-23(22)31-26/h4-13H,3,15H2,1-2H3,(H,30,31)/b18-10-. The fourth-order valence-electron chi connectivity index (χ4n) is 3.37. The number of allylic oxidation sites excluding steroid dienone is 1. The first-order valence-electron chi connectivity index (χ1n) is 10.5. The van der Waals surface area contributed by atoms with Gasteiger partial charge in [-0.1, -0.05) is 45.7 Å². The molecule has 0 unspecified atom stereocenters. The fourth-order valence-corrected chi connectivity index (χ4v) is 3.99. The molecule has 0 aliphatic heterocycles. The van der Waals surface area contributed by atoms with E-state index in [1.165, 1.54) is 0 Å². The molecule has 0 aliphatic rings. The molecule has 3 aromatic carbocycles. The van der Waals surface area contributed by atoms with Crippen LogP contribution in [0.1, 0.15) is 23.9 Å². The second kappa shape index (κ2) is 10.6. The molecular formula is C26H21BrClN3O3. The van der Waals surface area contributed by atoms with E-state index in [-0.39, 0.29) is 0 Å². The van der Waals surface area contributed by atoms with E-state index >= 15 is 0 Å². The van der Waals surface area contributed by atoms with Crippen LogP contribution in [0.15, 0.2) is 59.1 Å². The minimum absolute atomic E-state index is 0.299. The van der Waals surface area contributed by atoms with Crippen LogP contribution >= 0.6 is 27.5 Å². The highest BCUT2D eigenvalue weighted by atomic mass is 79.9. The summed E-state index contributed by atoms with van der Waals surface area (Å²) in [5, 5.41) is 10.5. The molecule has 8 heteroatoms. The smallest absolute Gasteiger partial charge is 0.162 e. The molecule has 0 saturated carbocycles. The number of aromatic nitrogens is 2. The van der Waals surface area contributed by atoms with Gasteiger partial charge < -0.3 is 19.2 Å². The van der Waals surface area contributed by atoms with Crippen LogP contribution in [0.2, 0.25) is 5.02 Å². The number of aromatic amines is 1. The van der Waals surface area contributed by atoms with Gasteiger partial charge in [-0.05, 0) is 48.9 Å². The first-order chi connectivity index (χ1) is 16.5. The first kappa shape index (κ1) is 23.7. The van der Waals surface area contributed by atoms with Gasteiger partial charge in [0.1, 0.15) is 24.3 Å². The predicted octanol–water partition coefficient (Wildman–Crippen LogP) is 7.03. The minimum Gasteiger partial charge on any atom is -0.497 e. The van der Waals surface area contributed by atoms with Crippen LogP contribution in [-0.2, 0) is 6.61 Å². The molecule has 4 aromatic rings. The monoisotopic (exact) mass is 537 g/mol. The quantitative estimate of drug-likeness (QED) is 0.244. The average molecular weight is 539 g/mol. The summed E-state index contributed by atoms with van der Waals surface area (Å²) < 4.78 is 17.8. The average Bonchev–Trinajstić information content (AvgIpc) is 3.27. The van der Waals surface area contributed by atoms with Crippen molar-refractivity contribution in [2.75, 3.05) is 13.7 Å². The number of benzene rings is 3. The van der Waals surface area contributed by atoms with E-state index in [0.29, 0.717) is 46.9 Å². The Kier molecular flexibility index (Phi) is 7.41. The molecule has 0 fully saturated rings. The molecule has 34 heavy (non-hydrogen) atoms. The lowest BCUT2D eigenvalue weighted by Crippen LogP contribution is -2.01. The van der Waals surface area contributed by atoms with Crippen LogP contribution < -0.4 is 14.2 Å². The third kappa shape index (κ3) is 5.19. The minimum atomic E-state index is 0.299. The second-order valence-electron chi connectivity index (χ2n) is 7.27. The lowest BCUT2D eigenvalue weighted by atomic mass is 10.1. The Morgan fingerprint density at radius 3 is 2.68 bits per heavy atom. The van der Waals surface area contributed by atoms with Crippen molar-refractivity contribution in [2.45, 2.75) is 13.5 Å². The van der Waals surface area contributed by atoms with E-state index in [9.17, 15) is 5.26 Å². The number of rotatable bonds is 8. The maximum Gasteiger partial charge on any atom is 0.162 e. The Morgan fingerprint density at radius 1 is 1.15 bits per heavy atom. The topological polar surface area (TPSA) is 80.2 Å². The van der Waals surface area contributed by atoms with Crippen molar-refractivity contribution in [3.05, 3.63) is 81.0 Å². The number of ether oxygens (including phenoxy) is 3. The Morgan fingerprint density at radius 2 is 1.94 bits per heavy atom. The molecule has 0 amide bonds. The zero-order valence-corrected chi connectivity index (χ0v) is 20.9. The fraction of sp³-hybridized carbons (Fsp3) is 0.154. The van der Waals surface area contributed by atoms with Crippen LogP contribution in [0.25, 0.3) is 22.7 Å². The maximum absolute atomic E-state index is 9.83. The van der Waals surface area contributed by atoms with Gasteiger partial charge in [-0.2, -0.15) is 5.26 Å². The van der Waals surface area contributed by atoms with E-state index in [2.05, 4.69) is 32.0 Å². The summed E-state index contributed by atoms with van der Waals surface area (Å²) in [5.41, 5.74) is 3.54. The van der Waals surface area contributed by atoms with Gasteiger partial charge in [0.2, 0.25) is 0 Å². The number of nitrogens with one attached hydrogen (secondary N) is 1. The van der Waals surface area contributed by atoms with Crippen molar-refractivity contribution in [1.29, 1.82) is 5.26 Å². The van der Waals surface area contributed by atoms with Gasteiger partial charge in [0.25, 0.3) is 0 Å². The molecule has 0 aliphatic carbocycles. The number of imidazole rings is 1. The zero-order valence-electron chi connectivity index (χ0n) is 18.6. The Labute approximate surface area is 210 Å². The molecule has 1 N–H and O–H groups in total. The van der Waals surface area contributed by atoms with E-state index in [1.54, 1.807) is 13.2 Å². The van der Waals surface area contributed by atoms with Crippen molar-refractivity contribution in [2.24, 2.45) is 0 Å². The predicted molar refractivity (Wildman–Crippen MR) is 137 cm³/mol. The lowest BCUT2D eigenvalue weighted by Gasteiger charge is -2.14. The lowest BCUT2D eigenvalue weighted by molar-refractivity contribution is 0.269. The molecule has 0 radical (unpaired) electrons. The van der Waals surface area contributed by atoms with E-state index < -0.39 is 0 Å². The number of halogens is 2. The summed E-state index contributed by atoms with van der Waals surface area (Å²) in [4.78, 5) is 7.74. The Bertz CT molecular complexity index is 1410. The van der Waals surface area contributed by atoms with E-state index in [1.807, 2.05) is 61.5 Å². The number of H-pyrrole nitrogens is 1.